The van der Waals surface area contributed by atoms with Crippen molar-refractivity contribution in [2.75, 3.05) is 25.6 Å². The summed E-state index contributed by atoms with van der Waals surface area (Å²) in [6, 6.07) is 11.9. The van der Waals surface area contributed by atoms with Crippen molar-refractivity contribution >= 4 is 27.7 Å². The molecule has 0 saturated heterocycles. The minimum atomic E-state index is -3.43. The number of sulfonamides is 1. The topological polar surface area (TPSA) is 93.7 Å². The number of carbonyl (C=O) groups is 1. The highest BCUT2D eigenvalue weighted by atomic mass is 32.2. The van der Waals surface area contributed by atoms with E-state index in [1.54, 1.807) is 61.7 Å². The fourth-order valence-corrected chi connectivity index (χ4v) is 3.66. The number of carbonyl (C=O) groups excluding carboxylic acids is 1. The van der Waals surface area contributed by atoms with Crippen LogP contribution in [0.3, 0.4) is 0 Å². The fraction of sp³-hybridized carbons (Fsp3) is 0.174. The van der Waals surface area contributed by atoms with Crippen LogP contribution in [0.25, 0.3) is 6.08 Å². The molecule has 2 aromatic carbocycles. The number of hydrogen-bond acceptors (Lipinski definition) is 5. The van der Waals surface area contributed by atoms with E-state index in [4.69, 9.17) is 9.47 Å². The van der Waals surface area contributed by atoms with Crippen molar-refractivity contribution < 1.29 is 22.7 Å². The maximum Gasteiger partial charge on any atom is 0.248 e. The molecule has 0 aliphatic heterocycles. The van der Waals surface area contributed by atoms with Crippen LogP contribution in [-0.2, 0) is 20.6 Å². The molecule has 2 rings (SSSR count). The Balaban J connectivity index is 1.97. The summed E-state index contributed by atoms with van der Waals surface area (Å²) < 4.78 is 37.0. The summed E-state index contributed by atoms with van der Waals surface area (Å²) in [5.41, 5.74) is 1.93. The number of benzene rings is 2. The van der Waals surface area contributed by atoms with Gasteiger partial charge in [-0.25, -0.2) is 13.1 Å². The summed E-state index contributed by atoms with van der Waals surface area (Å²) >= 11 is 0. The zero-order valence-electron chi connectivity index (χ0n) is 17.3. The van der Waals surface area contributed by atoms with E-state index in [1.165, 1.54) is 12.2 Å². The van der Waals surface area contributed by atoms with Crippen molar-refractivity contribution in [2.45, 2.75) is 5.75 Å². The lowest BCUT2D eigenvalue weighted by Gasteiger charge is -2.09. The third kappa shape index (κ3) is 8.12. The van der Waals surface area contributed by atoms with Crippen LogP contribution in [0, 0.1) is 0 Å². The largest absolute Gasteiger partial charge is 0.493 e. The Morgan fingerprint density at radius 2 is 1.81 bits per heavy atom. The molecule has 0 atom stereocenters. The van der Waals surface area contributed by atoms with Gasteiger partial charge in [0.2, 0.25) is 15.9 Å². The van der Waals surface area contributed by atoms with Crippen LogP contribution < -0.4 is 19.5 Å². The van der Waals surface area contributed by atoms with Crippen LogP contribution in [0.4, 0.5) is 5.69 Å². The van der Waals surface area contributed by atoms with Gasteiger partial charge in [0, 0.05) is 18.3 Å². The zero-order chi connectivity index (χ0) is 22.7. The number of rotatable bonds is 12. The van der Waals surface area contributed by atoms with Crippen molar-refractivity contribution in [3.8, 4) is 11.5 Å². The van der Waals surface area contributed by atoms with Crippen molar-refractivity contribution in [1.29, 1.82) is 0 Å². The highest BCUT2D eigenvalue weighted by Crippen LogP contribution is 2.28. The zero-order valence-corrected chi connectivity index (χ0v) is 18.2. The average Bonchev–Trinajstić information content (AvgIpc) is 2.76. The SMILES string of the molecule is C=CCNS(=O)(=O)Cc1ccc(NC(=O)/C=C/c2ccc(OCC=C)c(OC)c2)cc1. The van der Waals surface area contributed by atoms with Gasteiger partial charge in [-0.15, -0.1) is 6.58 Å². The predicted octanol–water partition coefficient (Wildman–Crippen LogP) is 3.52. The van der Waals surface area contributed by atoms with Gasteiger partial charge in [0.15, 0.2) is 11.5 Å². The van der Waals surface area contributed by atoms with E-state index >= 15 is 0 Å². The van der Waals surface area contributed by atoms with Gasteiger partial charge in [0.05, 0.1) is 12.9 Å². The Morgan fingerprint density at radius 3 is 2.45 bits per heavy atom. The molecule has 0 radical (unpaired) electrons. The quantitative estimate of drug-likeness (QED) is 0.388. The van der Waals surface area contributed by atoms with Crippen LogP contribution in [0.5, 0.6) is 11.5 Å². The molecular formula is C23H26N2O5S. The first kappa shape index (κ1) is 23.9. The van der Waals surface area contributed by atoms with Gasteiger partial charge in [0.1, 0.15) is 6.61 Å². The minimum absolute atomic E-state index is 0.149. The molecule has 7 nitrogen and oxygen atoms in total. The first-order chi connectivity index (χ1) is 14.9. The summed E-state index contributed by atoms with van der Waals surface area (Å²) in [7, 11) is -1.89. The second-order valence-corrected chi connectivity index (χ2v) is 8.23. The van der Waals surface area contributed by atoms with Crippen LogP contribution in [0.1, 0.15) is 11.1 Å². The lowest BCUT2D eigenvalue weighted by Crippen LogP contribution is -2.25. The van der Waals surface area contributed by atoms with E-state index in [1.807, 2.05) is 0 Å². The summed E-state index contributed by atoms with van der Waals surface area (Å²) in [5.74, 6) is 0.672. The van der Waals surface area contributed by atoms with Crippen molar-refractivity contribution in [1.82, 2.24) is 4.72 Å². The van der Waals surface area contributed by atoms with Crippen LogP contribution in [0.2, 0.25) is 0 Å². The third-order valence-electron chi connectivity index (χ3n) is 4.00. The van der Waals surface area contributed by atoms with Crippen LogP contribution >= 0.6 is 0 Å². The molecular weight excluding hydrogens is 416 g/mol. The number of ether oxygens (including phenoxy) is 2. The van der Waals surface area contributed by atoms with E-state index in [2.05, 4.69) is 23.2 Å². The fourth-order valence-electron chi connectivity index (χ4n) is 2.55. The number of anilines is 1. The summed E-state index contributed by atoms with van der Waals surface area (Å²) in [6.45, 7) is 7.63. The molecule has 164 valence electrons. The van der Waals surface area contributed by atoms with E-state index in [9.17, 15) is 13.2 Å². The van der Waals surface area contributed by atoms with Crippen molar-refractivity contribution in [3.05, 3.63) is 85.0 Å². The maximum absolute atomic E-state index is 12.2. The Labute approximate surface area is 183 Å². The Kier molecular flexibility index (Phi) is 9.05. The second-order valence-electron chi connectivity index (χ2n) is 6.43. The molecule has 0 aliphatic carbocycles. The van der Waals surface area contributed by atoms with Gasteiger partial charge in [-0.3, -0.25) is 4.79 Å². The van der Waals surface area contributed by atoms with Gasteiger partial charge >= 0.3 is 0 Å². The summed E-state index contributed by atoms with van der Waals surface area (Å²) in [6.07, 6.45) is 6.17. The predicted molar refractivity (Wildman–Crippen MR) is 124 cm³/mol. The molecule has 8 heteroatoms. The number of methoxy groups -OCH3 is 1. The first-order valence-electron chi connectivity index (χ1n) is 9.45. The first-order valence-corrected chi connectivity index (χ1v) is 11.1. The summed E-state index contributed by atoms with van der Waals surface area (Å²) in [5, 5.41) is 2.73. The highest BCUT2D eigenvalue weighted by Gasteiger charge is 2.10. The molecule has 1 amide bonds. The number of amides is 1. The number of hydrogen-bond donors (Lipinski definition) is 2. The third-order valence-corrected chi connectivity index (χ3v) is 5.32. The highest BCUT2D eigenvalue weighted by molar-refractivity contribution is 7.88. The molecule has 2 aromatic rings. The maximum atomic E-state index is 12.2. The van der Waals surface area contributed by atoms with Gasteiger partial charge in [-0.2, -0.15) is 0 Å². The molecule has 0 spiro atoms. The normalized spacial score (nSPS) is 11.1. The second kappa shape index (κ2) is 11.7. The lowest BCUT2D eigenvalue weighted by atomic mass is 10.2. The van der Waals surface area contributed by atoms with Crippen molar-refractivity contribution in [2.24, 2.45) is 0 Å². The van der Waals surface area contributed by atoms with Gasteiger partial charge < -0.3 is 14.8 Å². The molecule has 0 bridgehead atoms. The van der Waals surface area contributed by atoms with E-state index < -0.39 is 10.0 Å². The molecule has 0 heterocycles. The monoisotopic (exact) mass is 442 g/mol. The van der Waals surface area contributed by atoms with Gasteiger partial charge in [-0.1, -0.05) is 36.9 Å². The molecule has 0 aliphatic rings. The van der Waals surface area contributed by atoms with Crippen LogP contribution in [-0.4, -0.2) is 34.6 Å². The molecule has 0 fully saturated rings. The van der Waals surface area contributed by atoms with Crippen molar-refractivity contribution in [3.63, 3.8) is 0 Å². The molecule has 0 aromatic heterocycles. The smallest absolute Gasteiger partial charge is 0.248 e. The Morgan fingerprint density at radius 1 is 1.06 bits per heavy atom. The molecule has 31 heavy (non-hydrogen) atoms. The summed E-state index contributed by atoms with van der Waals surface area (Å²) in [4.78, 5) is 12.2. The van der Waals surface area contributed by atoms with E-state index in [-0.39, 0.29) is 18.2 Å². The standard InChI is InChI=1S/C23H26N2O5S/c1-4-14-24-31(27,28)17-19-6-10-20(11-7-19)25-23(26)13-9-18-8-12-21(30-15-5-2)22(16-18)29-3/h4-13,16,24H,1-2,14-15,17H2,3H3,(H,25,26)/b13-9+. The lowest BCUT2D eigenvalue weighted by molar-refractivity contribution is -0.111. The minimum Gasteiger partial charge on any atom is -0.493 e. The van der Waals surface area contributed by atoms with E-state index in [0.29, 0.717) is 29.4 Å². The van der Waals surface area contributed by atoms with Gasteiger partial charge in [0.25, 0.3) is 0 Å². The Bertz CT molecular complexity index is 1040. The Hall–Kier alpha value is -3.36. The van der Waals surface area contributed by atoms with E-state index in [0.717, 1.165) is 5.56 Å². The molecule has 2 N–H and O–H groups in total. The molecule has 0 unspecified atom stereocenters. The molecule has 0 saturated carbocycles. The average molecular weight is 443 g/mol. The van der Waals surface area contributed by atoms with Gasteiger partial charge in [-0.05, 0) is 41.5 Å². The number of nitrogens with one attached hydrogen (secondary N) is 2. The van der Waals surface area contributed by atoms with Crippen LogP contribution in [0.15, 0.2) is 73.9 Å².